The molecule has 1 heterocycles. The Balaban J connectivity index is 3.76. The van der Waals surface area contributed by atoms with E-state index in [2.05, 4.69) is 60.8 Å². The van der Waals surface area contributed by atoms with Gasteiger partial charge in [-0.2, -0.15) is 0 Å². The fourth-order valence-electron chi connectivity index (χ4n) is 6.06. The Morgan fingerprint density at radius 1 is 0.841 bits per heavy atom. The molecule has 0 aliphatic carbocycles. The number of nitrogens with two attached hydrogens (primary N) is 1. The number of aliphatic imine (C=N–C) groups is 1. The summed E-state index contributed by atoms with van der Waals surface area (Å²) in [5.74, 6) is -1.62. The Morgan fingerprint density at radius 3 is 2.00 bits per heavy atom. The lowest BCUT2D eigenvalue weighted by Crippen LogP contribution is -2.82. The van der Waals surface area contributed by atoms with Crippen LogP contribution in [0.2, 0.25) is 0 Å². The number of unbranched alkanes of at least 4 members (excludes halogenated alkanes) is 5. The molecule has 0 spiro atoms. The first-order chi connectivity index (χ1) is 21.2. The van der Waals surface area contributed by atoms with Gasteiger partial charge in [0.1, 0.15) is 6.61 Å². The predicted octanol–water partition coefficient (Wildman–Crippen LogP) is 4.65. The first-order valence-electron chi connectivity index (χ1n) is 17.2. The van der Waals surface area contributed by atoms with Gasteiger partial charge in [0, 0.05) is 38.2 Å². The number of guanidine groups is 1. The van der Waals surface area contributed by atoms with Crippen LogP contribution in [0.25, 0.3) is 0 Å². The molecule has 1 aliphatic rings. The van der Waals surface area contributed by atoms with E-state index in [0.717, 1.165) is 83.6 Å². The van der Waals surface area contributed by atoms with Crippen molar-refractivity contribution in [2.24, 2.45) is 10.7 Å². The van der Waals surface area contributed by atoms with Crippen LogP contribution >= 0.6 is 0 Å². The zero-order valence-electron chi connectivity index (χ0n) is 29.0. The van der Waals surface area contributed by atoms with E-state index < -0.39 is 17.5 Å². The fourth-order valence-corrected chi connectivity index (χ4v) is 6.06. The average molecular weight is 627 g/mol. The third-order valence-electron chi connectivity index (χ3n) is 8.52. The van der Waals surface area contributed by atoms with Crippen LogP contribution in [0.1, 0.15) is 119 Å². The second-order valence-electron chi connectivity index (χ2n) is 11.9. The summed E-state index contributed by atoms with van der Waals surface area (Å²) in [5.41, 5.74) is 7.37. The number of hydrogen-bond acceptors (Lipinski definition) is 11. The topological polar surface area (TPSA) is 127 Å². The number of esters is 1. The lowest BCUT2D eigenvalue weighted by atomic mass is 9.96. The van der Waals surface area contributed by atoms with Gasteiger partial charge in [0.2, 0.25) is 0 Å². The van der Waals surface area contributed by atoms with Gasteiger partial charge in [-0.05, 0) is 45.4 Å². The van der Waals surface area contributed by atoms with Crippen LogP contribution in [-0.4, -0.2) is 113 Å². The number of ether oxygens (including phenoxy) is 2. The third-order valence-corrected chi connectivity index (χ3v) is 8.52. The van der Waals surface area contributed by atoms with Crippen molar-refractivity contribution < 1.29 is 24.5 Å². The smallest absolute Gasteiger partial charge is 0.333 e. The van der Waals surface area contributed by atoms with E-state index in [9.17, 15) is 15.0 Å². The third kappa shape index (κ3) is 10.7. The summed E-state index contributed by atoms with van der Waals surface area (Å²) in [4.78, 5) is 26.0. The quantitative estimate of drug-likeness (QED) is 0.0541. The molecule has 44 heavy (non-hydrogen) atoms. The molecule has 11 heteroatoms. The van der Waals surface area contributed by atoms with Crippen LogP contribution in [0.4, 0.5) is 0 Å². The molecule has 11 nitrogen and oxygen atoms in total. The lowest BCUT2D eigenvalue weighted by Gasteiger charge is -2.65. The van der Waals surface area contributed by atoms with E-state index in [1.54, 1.807) is 6.92 Å². The van der Waals surface area contributed by atoms with Crippen molar-refractivity contribution in [3.63, 3.8) is 0 Å². The van der Waals surface area contributed by atoms with E-state index in [-0.39, 0.29) is 26.7 Å². The van der Waals surface area contributed by atoms with Crippen LogP contribution in [0.3, 0.4) is 0 Å². The van der Waals surface area contributed by atoms with Crippen molar-refractivity contribution in [1.82, 2.24) is 19.6 Å². The molecule has 0 amide bonds. The molecule has 0 aromatic heterocycles. The van der Waals surface area contributed by atoms with E-state index >= 15 is 0 Å². The highest BCUT2D eigenvalue weighted by Gasteiger charge is 2.59. The summed E-state index contributed by atoms with van der Waals surface area (Å²) < 4.78 is 11.1. The highest BCUT2D eigenvalue weighted by Crippen LogP contribution is 2.44. The van der Waals surface area contributed by atoms with Crippen LogP contribution in [0.15, 0.2) is 17.1 Å². The van der Waals surface area contributed by atoms with Crippen molar-refractivity contribution in [3.8, 4) is 0 Å². The number of hydrogen-bond donors (Lipinski definition) is 3. The standard InChI is InChI=1S/C33H66N6O5/c1-8-13-18-32(36(27-40)20-15-10-3)35-31(34)38(21-16-11-4)33(19-14-9-2,39(32)22-17-12-5)37(28-41)23-24-43-25-26-44-30(42)29(6)7/h40-41H,6,8-28H2,1-5,7H3,(H2,34,35). The molecule has 258 valence electrons. The Labute approximate surface area is 268 Å². The summed E-state index contributed by atoms with van der Waals surface area (Å²) in [6.07, 6.45) is 11.1. The van der Waals surface area contributed by atoms with Crippen molar-refractivity contribution in [1.29, 1.82) is 0 Å². The monoisotopic (exact) mass is 627 g/mol. The van der Waals surface area contributed by atoms with Gasteiger partial charge in [-0.25, -0.2) is 24.5 Å². The summed E-state index contributed by atoms with van der Waals surface area (Å²) in [6, 6.07) is 0. The maximum atomic E-state index is 11.8. The minimum absolute atomic E-state index is 0.132. The molecule has 2 unspecified atom stereocenters. The summed E-state index contributed by atoms with van der Waals surface area (Å²) in [5, 5.41) is 22.0. The first kappa shape index (κ1) is 40.3. The van der Waals surface area contributed by atoms with Crippen molar-refractivity contribution in [2.75, 3.05) is 59.5 Å². The van der Waals surface area contributed by atoms with Crippen molar-refractivity contribution in [2.45, 2.75) is 130 Å². The zero-order chi connectivity index (χ0) is 33.0. The van der Waals surface area contributed by atoms with Gasteiger partial charge in [0.05, 0.1) is 26.7 Å². The Hall–Kier alpha value is -1.76. The van der Waals surface area contributed by atoms with Gasteiger partial charge in [-0.15, -0.1) is 0 Å². The second-order valence-corrected chi connectivity index (χ2v) is 11.9. The minimum atomic E-state index is -0.860. The molecule has 0 aromatic rings. The van der Waals surface area contributed by atoms with Gasteiger partial charge in [-0.1, -0.05) is 73.3 Å². The molecule has 1 aliphatic heterocycles. The maximum absolute atomic E-state index is 11.8. The number of nitrogens with zero attached hydrogens (tertiary/aromatic N) is 5. The average Bonchev–Trinajstić information content (AvgIpc) is 3.01. The van der Waals surface area contributed by atoms with Crippen molar-refractivity contribution >= 4 is 11.9 Å². The van der Waals surface area contributed by atoms with Crippen LogP contribution in [-0.2, 0) is 14.3 Å². The molecule has 0 radical (unpaired) electrons. The number of rotatable bonds is 26. The molecular formula is C33H66N6O5. The highest BCUT2D eigenvalue weighted by atomic mass is 16.6. The van der Waals surface area contributed by atoms with Gasteiger partial charge in [0.15, 0.2) is 17.5 Å². The van der Waals surface area contributed by atoms with E-state index in [1.165, 1.54) is 0 Å². The first-order valence-corrected chi connectivity index (χ1v) is 17.2. The number of aliphatic hydroxyl groups excluding tert-OH is 2. The van der Waals surface area contributed by atoms with Crippen molar-refractivity contribution in [3.05, 3.63) is 12.2 Å². The number of carbonyl (C=O) groups excluding carboxylic acids is 1. The SMILES string of the molecule is C=C(C)C(=O)OCCOCCN(CO)C1(CCCC)N(CCCC)C(N)=NC(CCCC)(N(CO)CCCC)N1CCCC. The zero-order valence-corrected chi connectivity index (χ0v) is 29.0. The van der Waals surface area contributed by atoms with Gasteiger partial charge in [0.25, 0.3) is 0 Å². The molecule has 4 N–H and O–H groups in total. The largest absolute Gasteiger partial charge is 0.460 e. The fraction of sp³-hybridized carbons (Fsp3) is 0.879. The van der Waals surface area contributed by atoms with E-state index in [4.69, 9.17) is 20.2 Å². The molecule has 0 fully saturated rings. The molecule has 0 aromatic carbocycles. The lowest BCUT2D eigenvalue weighted by molar-refractivity contribution is -0.259. The van der Waals surface area contributed by atoms with Crippen LogP contribution in [0, 0.1) is 0 Å². The van der Waals surface area contributed by atoms with E-state index in [1.807, 2.05) is 0 Å². The molecule has 0 saturated carbocycles. The Bertz CT molecular complexity index is 845. The van der Waals surface area contributed by atoms with Gasteiger partial charge >= 0.3 is 5.97 Å². The summed E-state index contributed by atoms with van der Waals surface area (Å²) >= 11 is 0. The molecule has 0 bridgehead atoms. The predicted molar refractivity (Wildman–Crippen MR) is 178 cm³/mol. The summed E-state index contributed by atoms with van der Waals surface area (Å²) in [6.45, 7) is 19.1. The van der Waals surface area contributed by atoms with E-state index in [0.29, 0.717) is 37.8 Å². The highest BCUT2D eigenvalue weighted by molar-refractivity contribution is 5.86. The molecule has 0 saturated heterocycles. The van der Waals surface area contributed by atoms with Crippen LogP contribution < -0.4 is 5.73 Å². The normalized spacial score (nSPS) is 20.9. The maximum Gasteiger partial charge on any atom is 0.333 e. The molecule has 1 rings (SSSR count). The van der Waals surface area contributed by atoms with Gasteiger partial charge in [-0.3, -0.25) is 0 Å². The Morgan fingerprint density at radius 2 is 1.43 bits per heavy atom. The molecule has 2 atom stereocenters. The van der Waals surface area contributed by atoms with Gasteiger partial charge < -0.3 is 30.3 Å². The summed E-state index contributed by atoms with van der Waals surface area (Å²) in [7, 11) is 0. The molecular weight excluding hydrogens is 560 g/mol. The Kier molecular flexibility index (Phi) is 20.0. The minimum Gasteiger partial charge on any atom is -0.460 e. The number of carbonyl (C=O) groups is 1. The van der Waals surface area contributed by atoms with Crippen LogP contribution in [0.5, 0.6) is 0 Å². The second kappa shape index (κ2) is 21.9. The number of aliphatic hydroxyl groups is 2.